The van der Waals surface area contributed by atoms with Gasteiger partial charge in [0.15, 0.2) is 0 Å². The van der Waals surface area contributed by atoms with Crippen LogP contribution in [0.1, 0.15) is 38.5 Å². The third-order valence-electron chi connectivity index (χ3n) is 3.75. The summed E-state index contributed by atoms with van der Waals surface area (Å²) in [6.45, 7) is 1.71. The molecule has 0 aromatic rings. The molecule has 0 aromatic heterocycles. The van der Waals surface area contributed by atoms with Crippen molar-refractivity contribution in [2.75, 3.05) is 13.1 Å². The summed E-state index contributed by atoms with van der Waals surface area (Å²) in [4.78, 5) is 24.1. The van der Waals surface area contributed by atoms with Crippen LogP contribution in [0.25, 0.3) is 0 Å². The summed E-state index contributed by atoms with van der Waals surface area (Å²) in [5.41, 5.74) is 0. The van der Waals surface area contributed by atoms with E-state index in [-0.39, 0.29) is 18.7 Å². The van der Waals surface area contributed by atoms with Gasteiger partial charge in [-0.1, -0.05) is 6.42 Å². The lowest BCUT2D eigenvalue weighted by atomic mass is 9.78. The van der Waals surface area contributed by atoms with E-state index >= 15 is 0 Å². The number of nitrogens with zero attached hydrogens (tertiary/aromatic N) is 1. The fourth-order valence-electron chi connectivity index (χ4n) is 3.01. The van der Waals surface area contributed by atoms with Crippen molar-refractivity contribution in [2.24, 2.45) is 11.8 Å². The predicted octanol–water partition coefficient (Wildman–Crippen LogP) is 1.50. The smallest absolute Gasteiger partial charge is 0.303 e. The summed E-state index contributed by atoms with van der Waals surface area (Å²) in [5.74, 6) is 0.479. The van der Waals surface area contributed by atoms with Crippen LogP contribution in [0.2, 0.25) is 0 Å². The molecular formula is C12H19NO3. The average Bonchev–Trinajstić information content (AvgIpc) is 2.25. The van der Waals surface area contributed by atoms with Gasteiger partial charge in [0.25, 0.3) is 0 Å². The highest BCUT2D eigenvalue weighted by molar-refractivity contribution is 5.80. The number of fused-ring (bicyclic) bond motifs is 2. The van der Waals surface area contributed by atoms with Crippen molar-refractivity contribution in [1.29, 1.82) is 0 Å². The Morgan fingerprint density at radius 2 is 1.75 bits per heavy atom. The molecule has 90 valence electrons. The summed E-state index contributed by atoms with van der Waals surface area (Å²) < 4.78 is 0. The first-order chi connectivity index (χ1) is 7.65. The van der Waals surface area contributed by atoms with Gasteiger partial charge in [0.1, 0.15) is 0 Å². The highest BCUT2D eigenvalue weighted by Crippen LogP contribution is 2.34. The molecule has 0 spiro atoms. The van der Waals surface area contributed by atoms with Gasteiger partial charge < -0.3 is 10.0 Å². The molecule has 2 rings (SSSR count). The normalized spacial score (nSPS) is 28.9. The van der Waals surface area contributed by atoms with Gasteiger partial charge in [0.2, 0.25) is 5.91 Å². The van der Waals surface area contributed by atoms with Crippen molar-refractivity contribution in [2.45, 2.75) is 38.5 Å². The molecule has 2 bridgehead atoms. The van der Waals surface area contributed by atoms with Gasteiger partial charge in [-0.3, -0.25) is 9.59 Å². The van der Waals surface area contributed by atoms with E-state index in [0.29, 0.717) is 11.8 Å². The maximum atomic E-state index is 11.8. The molecule has 0 radical (unpaired) electrons. The maximum Gasteiger partial charge on any atom is 0.303 e. The van der Waals surface area contributed by atoms with Gasteiger partial charge in [0.05, 0.1) is 6.42 Å². The fraction of sp³-hybridized carbons (Fsp3) is 0.833. The minimum Gasteiger partial charge on any atom is -0.481 e. The van der Waals surface area contributed by atoms with Gasteiger partial charge in [-0.25, -0.2) is 0 Å². The van der Waals surface area contributed by atoms with Crippen molar-refractivity contribution in [3.05, 3.63) is 0 Å². The first kappa shape index (κ1) is 11.4. The quantitative estimate of drug-likeness (QED) is 0.791. The molecule has 1 amide bonds. The molecule has 0 unspecified atom stereocenters. The predicted molar refractivity (Wildman–Crippen MR) is 58.9 cm³/mol. The Balaban J connectivity index is 1.85. The van der Waals surface area contributed by atoms with E-state index in [4.69, 9.17) is 5.11 Å². The number of hydrogen-bond donors (Lipinski definition) is 1. The molecule has 1 saturated heterocycles. The number of rotatable bonds is 3. The number of likely N-dealkylation sites (tertiary alicyclic amines) is 1. The maximum absolute atomic E-state index is 11.8. The van der Waals surface area contributed by atoms with Gasteiger partial charge in [0, 0.05) is 19.5 Å². The molecule has 0 aromatic carbocycles. The van der Waals surface area contributed by atoms with E-state index in [2.05, 4.69) is 0 Å². The van der Waals surface area contributed by atoms with E-state index in [1.54, 1.807) is 0 Å². The van der Waals surface area contributed by atoms with Crippen LogP contribution in [0.15, 0.2) is 0 Å². The molecule has 2 atom stereocenters. The number of carboxylic acids is 1. The Morgan fingerprint density at radius 1 is 1.12 bits per heavy atom. The Morgan fingerprint density at radius 3 is 2.31 bits per heavy atom. The van der Waals surface area contributed by atoms with Gasteiger partial charge in [-0.05, 0) is 31.1 Å². The molecule has 1 N–H and O–H groups in total. The zero-order chi connectivity index (χ0) is 11.5. The first-order valence-corrected chi connectivity index (χ1v) is 6.14. The van der Waals surface area contributed by atoms with Crippen LogP contribution in [-0.4, -0.2) is 35.0 Å². The van der Waals surface area contributed by atoms with Crippen molar-refractivity contribution < 1.29 is 14.7 Å². The largest absolute Gasteiger partial charge is 0.481 e. The lowest BCUT2D eigenvalue weighted by Crippen LogP contribution is -2.45. The number of piperidine rings is 1. The van der Waals surface area contributed by atoms with Crippen LogP contribution >= 0.6 is 0 Å². The lowest BCUT2D eigenvalue weighted by molar-refractivity contribution is -0.142. The van der Waals surface area contributed by atoms with Crippen LogP contribution in [0.4, 0.5) is 0 Å². The molecule has 1 heterocycles. The summed E-state index contributed by atoms with van der Waals surface area (Å²) in [5, 5.41) is 8.55. The molecule has 1 saturated carbocycles. The monoisotopic (exact) mass is 225 g/mol. The second-order valence-electron chi connectivity index (χ2n) is 5.09. The average molecular weight is 225 g/mol. The number of hydrogen-bond acceptors (Lipinski definition) is 2. The summed E-state index contributed by atoms with van der Waals surface area (Å²) in [7, 11) is 0. The van der Waals surface area contributed by atoms with Gasteiger partial charge >= 0.3 is 5.97 Å². The SMILES string of the molecule is O=C(O)CCC(=O)N1C[C@@H]2CCC[C@H](C2)C1. The van der Waals surface area contributed by atoms with Crippen molar-refractivity contribution >= 4 is 11.9 Å². The van der Waals surface area contributed by atoms with Crippen LogP contribution in [-0.2, 0) is 9.59 Å². The van der Waals surface area contributed by atoms with Crippen LogP contribution < -0.4 is 0 Å². The van der Waals surface area contributed by atoms with Crippen LogP contribution in [0.3, 0.4) is 0 Å². The highest BCUT2D eigenvalue weighted by Gasteiger charge is 2.32. The second kappa shape index (κ2) is 4.85. The Bertz CT molecular complexity index is 278. The van der Waals surface area contributed by atoms with E-state index in [1.165, 1.54) is 25.7 Å². The topological polar surface area (TPSA) is 57.6 Å². The van der Waals surface area contributed by atoms with Gasteiger partial charge in [-0.2, -0.15) is 0 Å². The third kappa shape index (κ3) is 2.74. The number of aliphatic carboxylic acids is 1. The third-order valence-corrected chi connectivity index (χ3v) is 3.75. The Hall–Kier alpha value is -1.06. The van der Waals surface area contributed by atoms with Crippen molar-refractivity contribution in [3.8, 4) is 0 Å². The Labute approximate surface area is 95.6 Å². The summed E-state index contributed by atoms with van der Waals surface area (Å²) >= 11 is 0. The molecule has 1 aliphatic carbocycles. The minimum absolute atomic E-state index is 0.0269. The number of amides is 1. The molecular weight excluding hydrogens is 206 g/mol. The summed E-state index contributed by atoms with van der Waals surface area (Å²) in [6, 6.07) is 0. The standard InChI is InChI=1S/C12H19NO3/c14-11(4-5-12(15)16)13-7-9-2-1-3-10(6-9)8-13/h9-10H,1-8H2,(H,15,16)/t9-,10-/m1/s1. The zero-order valence-corrected chi connectivity index (χ0v) is 9.52. The molecule has 2 fully saturated rings. The van der Waals surface area contributed by atoms with Crippen molar-refractivity contribution in [3.63, 3.8) is 0 Å². The minimum atomic E-state index is -0.884. The lowest BCUT2D eigenvalue weighted by Gasteiger charge is -2.41. The Kier molecular flexibility index (Phi) is 3.46. The van der Waals surface area contributed by atoms with Crippen LogP contribution in [0.5, 0.6) is 0 Å². The molecule has 4 nitrogen and oxygen atoms in total. The highest BCUT2D eigenvalue weighted by atomic mass is 16.4. The number of carbonyl (C=O) groups is 2. The molecule has 16 heavy (non-hydrogen) atoms. The number of carbonyl (C=O) groups excluding carboxylic acids is 1. The van der Waals surface area contributed by atoms with E-state index < -0.39 is 5.97 Å². The molecule has 1 aliphatic heterocycles. The zero-order valence-electron chi connectivity index (χ0n) is 9.52. The first-order valence-electron chi connectivity index (χ1n) is 6.14. The fourth-order valence-corrected chi connectivity index (χ4v) is 3.01. The number of carboxylic acid groups (broad SMARTS) is 1. The molecule has 2 aliphatic rings. The molecule has 4 heteroatoms. The van der Waals surface area contributed by atoms with E-state index in [9.17, 15) is 9.59 Å². The second-order valence-corrected chi connectivity index (χ2v) is 5.09. The van der Waals surface area contributed by atoms with E-state index in [1.807, 2.05) is 4.90 Å². The van der Waals surface area contributed by atoms with Crippen LogP contribution in [0, 0.1) is 11.8 Å². The van der Waals surface area contributed by atoms with E-state index in [0.717, 1.165) is 13.1 Å². The van der Waals surface area contributed by atoms with Crippen molar-refractivity contribution in [1.82, 2.24) is 4.90 Å². The summed E-state index contributed by atoms with van der Waals surface area (Å²) in [6.07, 6.45) is 5.16. The van der Waals surface area contributed by atoms with Gasteiger partial charge in [-0.15, -0.1) is 0 Å².